The monoisotopic (exact) mass is 348 g/mol. The number of benzene rings is 2. The molecule has 0 aliphatic carbocycles. The van der Waals surface area contributed by atoms with E-state index < -0.39 is 29.6 Å². The first-order valence-corrected chi connectivity index (χ1v) is 7.55. The highest BCUT2D eigenvalue weighted by Crippen LogP contribution is 2.19. The molecular weight excluding hydrogens is 330 g/mol. The Kier molecular flexibility index (Phi) is 6.19. The van der Waals surface area contributed by atoms with Crippen LogP contribution >= 0.6 is 0 Å². The van der Waals surface area contributed by atoms with Crippen molar-refractivity contribution < 1.29 is 23.1 Å². The first-order valence-electron chi connectivity index (χ1n) is 7.55. The number of rotatable bonds is 5. The van der Waals surface area contributed by atoms with E-state index in [0.717, 1.165) is 29.3 Å². The van der Waals surface area contributed by atoms with E-state index in [4.69, 9.17) is 4.74 Å². The number of methoxy groups -OCH3 is 1. The number of anilines is 1. The van der Waals surface area contributed by atoms with Crippen LogP contribution in [0.25, 0.3) is 0 Å². The van der Waals surface area contributed by atoms with Gasteiger partial charge in [0.15, 0.2) is 11.6 Å². The molecule has 0 spiro atoms. The molecular formula is C18H18F2N2O3. The third kappa shape index (κ3) is 4.84. The number of nitrogens with one attached hydrogen (secondary N) is 2. The number of ether oxygens (including phenoxy) is 1. The summed E-state index contributed by atoms with van der Waals surface area (Å²) < 4.78 is 31.3. The van der Waals surface area contributed by atoms with Crippen molar-refractivity contribution in [3.05, 3.63) is 65.2 Å². The van der Waals surface area contributed by atoms with Crippen molar-refractivity contribution >= 4 is 17.5 Å². The summed E-state index contributed by atoms with van der Waals surface area (Å²) in [5, 5.41) is 4.67. The fraction of sp³-hybridized carbons (Fsp3) is 0.222. The molecule has 2 aromatic rings. The molecule has 1 unspecified atom stereocenters. The Labute approximate surface area is 144 Å². The van der Waals surface area contributed by atoms with Gasteiger partial charge in [0.25, 0.3) is 0 Å². The van der Waals surface area contributed by atoms with E-state index in [2.05, 4.69) is 10.6 Å². The molecule has 2 aromatic carbocycles. The second kappa shape index (κ2) is 8.34. The first kappa shape index (κ1) is 18.5. The van der Waals surface area contributed by atoms with Crippen LogP contribution in [-0.2, 0) is 14.3 Å². The van der Waals surface area contributed by atoms with Gasteiger partial charge in [0.1, 0.15) is 0 Å². The van der Waals surface area contributed by atoms with Crippen LogP contribution in [0.5, 0.6) is 0 Å². The van der Waals surface area contributed by atoms with E-state index in [1.165, 1.54) is 7.11 Å². The normalized spacial score (nSPS) is 11.7. The van der Waals surface area contributed by atoms with Crippen molar-refractivity contribution in [3.63, 3.8) is 0 Å². The summed E-state index contributed by atoms with van der Waals surface area (Å²) in [4.78, 5) is 23.7. The number of carbonyl (C=O) groups excluding carboxylic acids is 2. The third-order valence-electron chi connectivity index (χ3n) is 3.65. The first-order chi connectivity index (χ1) is 11.9. The fourth-order valence-electron chi connectivity index (χ4n) is 2.30. The Hall–Kier alpha value is -2.80. The molecule has 132 valence electrons. The van der Waals surface area contributed by atoms with E-state index >= 15 is 0 Å². The largest absolute Gasteiger partial charge is 0.375 e. The summed E-state index contributed by atoms with van der Waals surface area (Å²) >= 11 is 0. The number of hydrogen-bond donors (Lipinski definition) is 2. The molecule has 5 nitrogen and oxygen atoms in total. The topological polar surface area (TPSA) is 67.4 Å². The van der Waals surface area contributed by atoms with Gasteiger partial charge >= 0.3 is 11.8 Å². The number of carbonyl (C=O) groups is 2. The lowest BCUT2D eigenvalue weighted by Gasteiger charge is -2.18. The van der Waals surface area contributed by atoms with Gasteiger partial charge in [-0.2, -0.15) is 0 Å². The van der Waals surface area contributed by atoms with Crippen molar-refractivity contribution in [2.45, 2.75) is 13.0 Å². The van der Waals surface area contributed by atoms with Crippen molar-refractivity contribution in [2.75, 3.05) is 19.0 Å². The Bertz CT molecular complexity index is 781. The van der Waals surface area contributed by atoms with E-state index in [1.54, 1.807) is 0 Å². The Morgan fingerprint density at radius 3 is 2.44 bits per heavy atom. The van der Waals surface area contributed by atoms with Gasteiger partial charge in [-0.25, -0.2) is 8.78 Å². The molecule has 0 aliphatic heterocycles. The summed E-state index contributed by atoms with van der Waals surface area (Å²) in [6, 6.07) is 10.4. The Balaban J connectivity index is 1.95. The summed E-state index contributed by atoms with van der Waals surface area (Å²) in [6.45, 7) is 2.00. The summed E-state index contributed by atoms with van der Waals surface area (Å²) in [5.74, 6) is -4.04. The molecule has 2 amide bonds. The van der Waals surface area contributed by atoms with E-state index in [0.29, 0.717) is 0 Å². The summed E-state index contributed by atoms with van der Waals surface area (Å²) in [7, 11) is 1.50. The van der Waals surface area contributed by atoms with Gasteiger partial charge in [0.05, 0.1) is 6.10 Å². The maximum Gasteiger partial charge on any atom is 0.313 e. The number of halogens is 2. The standard InChI is InChI=1S/C18H18F2N2O3/c1-11-5-3-4-6-13(11)16(25-2)10-21-17(23)18(24)22-12-7-8-14(19)15(20)9-12/h3-9,16H,10H2,1-2H3,(H,21,23)(H,22,24). The zero-order valence-electron chi connectivity index (χ0n) is 13.8. The molecule has 0 saturated heterocycles. The molecule has 0 radical (unpaired) electrons. The zero-order valence-corrected chi connectivity index (χ0v) is 13.8. The van der Waals surface area contributed by atoms with Crippen molar-refractivity contribution in [3.8, 4) is 0 Å². The van der Waals surface area contributed by atoms with Gasteiger partial charge in [-0.3, -0.25) is 9.59 Å². The summed E-state index contributed by atoms with van der Waals surface area (Å²) in [5.41, 5.74) is 1.88. The average Bonchev–Trinajstić information content (AvgIpc) is 2.59. The highest BCUT2D eigenvalue weighted by molar-refractivity contribution is 6.39. The lowest BCUT2D eigenvalue weighted by Crippen LogP contribution is -2.38. The average molecular weight is 348 g/mol. The second-order valence-corrected chi connectivity index (χ2v) is 5.37. The SMILES string of the molecule is COC(CNC(=O)C(=O)Nc1ccc(F)c(F)c1)c1ccccc1C. The van der Waals surface area contributed by atoms with Crippen molar-refractivity contribution in [1.82, 2.24) is 5.32 Å². The molecule has 25 heavy (non-hydrogen) atoms. The van der Waals surface area contributed by atoms with Crippen LogP contribution in [0.3, 0.4) is 0 Å². The highest BCUT2D eigenvalue weighted by atomic mass is 19.2. The van der Waals surface area contributed by atoms with Gasteiger partial charge in [-0.05, 0) is 30.2 Å². The Morgan fingerprint density at radius 1 is 1.08 bits per heavy atom. The molecule has 0 aliphatic rings. The molecule has 2 rings (SSSR count). The number of hydrogen-bond acceptors (Lipinski definition) is 3. The molecule has 0 saturated carbocycles. The lowest BCUT2D eigenvalue weighted by molar-refractivity contribution is -0.136. The van der Waals surface area contributed by atoms with Crippen molar-refractivity contribution in [1.29, 1.82) is 0 Å². The van der Waals surface area contributed by atoms with Gasteiger partial charge in [-0.15, -0.1) is 0 Å². The molecule has 0 heterocycles. The highest BCUT2D eigenvalue weighted by Gasteiger charge is 2.18. The van der Waals surface area contributed by atoms with Crippen LogP contribution in [0.2, 0.25) is 0 Å². The van der Waals surface area contributed by atoms with Crippen LogP contribution < -0.4 is 10.6 Å². The predicted octanol–water partition coefficient (Wildman–Crippen LogP) is 2.72. The number of amides is 2. The maximum atomic E-state index is 13.1. The summed E-state index contributed by atoms with van der Waals surface area (Å²) in [6.07, 6.45) is -0.416. The van der Waals surface area contributed by atoms with Crippen LogP contribution in [-0.4, -0.2) is 25.5 Å². The molecule has 2 N–H and O–H groups in total. The maximum absolute atomic E-state index is 13.1. The van der Waals surface area contributed by atoms with Crippen LogP contribution in [0.15, 0.2) is 42.5 Å². The van der Waals surface area contributed by atoms with Crippen LogP contribution in [0, 0.1) is 18.6 Å². The Morgan fingerprint density at radius 2 is 1.80 bits per heavy atom. The van der Waals surface area contributed by atoms with Crippen LogP contribution in [0.4, 0.5) is 14.5 Å². The third-order valence-corrected chi connectivity index (χ3v) is 3.65. The fourth-order valence-corrected chi connectivity index (χ4v) is 2.30. The molecule has 0 aromatic heterocycles. The molecule has 0 fully saturated rings. The molecule has 7 heteroatoms. The van der Waals surface area contributed by atoms with E-state index in [9.17, 15) is 18.4 Å². The molecule has 1 atom stereocenters. The minimum atomic E-state index is -1.11. The van der Waals surface area contributed by atoms with Gasteiger partial charge in [0.2, 0.25) is 0 Å². The van der Waals surface area contributed by atoms with E-state index in [-0.39, 0.29) is 12.2 Å². The lowest BCUT2D eigenvalue weighted by atomic mass is 10.0. The van der Waals surface area contributed by atoms with Gasteiger partial charge in [-0.1, -0.05) is 24.3 Å². The minimum Gasteiger partial charge on any atom is -0.375 e. The molecule has 0 bridgehead atoms. The van der Waals surface area contributed by atoms with E-state index in [1.807, 2.05) is 31.2 Å². The zero-order chi connectivity index (χ0) is 18.4. The van der Waals surface area contributed by atoms with Gasteiger partial charge < -0.3 is 15.4 Å². The smallest absolute Gasteiger partial charge is 0.313 e. The predicted molar refractivity (Wildman–Crippen MR) is 88.9 cm³/mol. The van der Waals surface area contributed by atoms with Crippen LogP contribution in [0.1, 0.15) is 17.2 Å². The van der Waals surface area contributed by atoms with Gasteiger partial charge in [0, 0.05) is 25.4 Å². The minimum absolute atomic E-state index is 0.0127. The van der Waals surface area contributed by atoms with Crippen molar-refractivity contribution in [2.24, 2.45) is 0 Å². The quantitative estimate of drug-likeness (QED) is 0.817. The number of aryl methyl sites for hydroxylation is 1. The second-order valence-electron chi connectivity index (χ2n) is 5.37.